The smallest absolute Gasteiger partial charge is 0.103 e. The van der Waals surface area contributed by atoms with Gasteiger partial charge in [-0.15, -0.1) is 12.6 Å². The Morgan fingerprint density at radius 2 is 2.08 bits per heavy atom. The monoisotopic (exact) mass is 174 g/mol. The fraction of sp³-hybridized carbons (Fsp3) is 0. The van der Waals surface area contributed by atoms with Gasteiger partial charge in [0.2, 0.25) is 0 Å². The molecule has 1 aromatic heterocycles. The van der Waals surface area contributed by atoms with Crippen LogP contribution in [0.3, 0.4) is 0 Å². The van der Waals surface area contributed by atoms with Crippen LogP contribution in [0.1, 0.15) is 5.56 Å². The minimum Gasteiger partial charge on any atom is -0.349 e. The third-order valence-electron chi connectivity index (χ3n) is 1.80. The number of rotatable bonds is 0. The first-order chi connectivity index (χ1) is 5.83. The Hall–Kier alpha value is -1.40. The van der Waals surface area contributed by atoms with E-state index in [0.717, 1.165) is 10.9 Å². The van der Waals surface area contributed by atoms with E-state index >= 15 is 0 Å². The minimum atomic E-state index is 0.619. The number of nitriles is 1. The summed E-state index contributed by atoms with van der Waals surface area (Å²) in [6, 6.07) is 9.77. The second-order valence-corrected chi connectivity index (χ2v) is 2.95. The van der Waals surface area contributed by atoms with Crippen molar-refractivity contribution in [3.63, 3.8) is 0 Å². The van der Waals surface area contributed by atoms with Crippen LogP contribution in [0.5, 0.6) is 0 Å². The highest BCUT2D eigenvalue weighted by Gasteiger charge is 2.05. The predicted molar refractivity (Wildman–Crippen MR) is 50.3 cm³/mol. The molecule has 0 aliphatic heterocycles. The summed E-state index contributed by atoms with van der Waals surface area (Å²) >= 11 is 4.16. The topological polar surface area (TPSA) is 39.6 Å². The summed E-state index contributed by atoms with van der Waals surface area (Å²) in [6.45, 7) is 0. The average Bonchev–Trinajstić information content (AvgIpc) is 2.40. The maximum Gasteiger partial charge on any atom is 0.103 e. The van der Waals surface area contributed by atoms with Crippen LogP contribution in [0.2, 0.25) is 0 Å². The number of hydrogen-bond acceptors (Lipinski definition) is 2. The quantitative estimate of drug-likeness (QED) is 0.591. The Bertz CT molecular complexity index is 465. The van der Waals surface area contributed by atoms with Gasteiger partial charge in [0.15, 0.2) is 0 Å². The molecular weight excluding hydrogens is 168 g/mol. The van der Waals surface area contributed by atoms with Crippen LogP contribution in [-0.2, 0) is 0 Å². The van der Waals surface area contributed by atoms with E-state index in [-0.39, 0.29) is 0 Å². The summed E-state index contributed by atoms with van der Waals surface area (Å²) in [6.07, 6.45) is 0. The molecule has 0 aliphatic carbocycles. The Balaban J connectivity index is 2.93. The van der Waals surface area contributed by atoms with E-state index in [2.05, 4.69) is 23.7 Å². The number of hydrogen-bond donors (Lipinski definition) is 2. The summed E-state index contributed by atoms with van der Waals surface area (Å²) in [5.41, 5.74) is 1.58. The molecule has 0 aliphatic rings. The predicted octanol–water partition coefficient (Wildman–Crippen LogP) is 2.33. The van der Waals surface area contributed by atoms with Crippen molar-refractivity contribution in [2.24, 2.45) is 0 Å². The molecule has 0 bridgehead atoms. The van der Waals surface area contributed by atoms with Gasteiger partial charge in [0.1, 0.15) is 6.07 Å². The van der Waals surface area contributed by atoms with Crippen LogP contribution in [0.15, 0.2) is 29.3 Å². The van der Waals surface area contributed by atoms with Gasteiger partial charge in [-0.3, -0.25) is 0 Å². The second-order valence-electron chi connectivity index (χ2n) is 2.51. The largest absolute Gasteiger partial charge is 0.349 e. The van der Waals surface area contributed by atoms with Crippen molar-refractivity contribution in [1.82, 2.24) is 4.98 Å². The van der Waals surface area contributed by atoms with Gasteiger partial charge in [0, 0.05) is 10.9 Å². The van der Waals surface area contributed by atoms with Crippen LogP contribution in [-0.4, -0.2) is 4.98 Å². The number of aromatic nitrogens is 1. The molecule has 0 spiro atoms. The molecule has 0 unspecified atom stereocenters. The Labute approximate surface area is 75.2 Å². The van der Waals surface area contributed by atoms with Crippen LogP contribution in [0.25, 0.3) is 10.9 Å². The first kappa shape index (κ1) is 7.26. The molecular formula is C9H6N2S. The van der Waals surface area contributed by atoms with Gasteiger partial charge in [-0.25, -0.2) is 0 Å². The highest BCUT2D eigenvalue weighted by molar-refractivity contribution is 7.80. The van der Waals surface area contributed by atoms with Gasteiger partial charge in [-0.05, 0) is 6.07 Å². The van der Waals surface area contributed by atoms with E-state index in [4.69, 9.17) is 5.26 Å². The molecule has 0 amide bonds. The van der Waals surface area contributed by atoms with E-state index in [1.807, 2.05) is 24.3 Å². The van der Waals surface area contributed by atoms with Gasteiger partial charge in [0.25, 0.3) is 0 Å². The summed E-state index contributed by atoms with van der Waals surface area (Å²) in [4.78, 5) is 3.02. The number of fused-ring (bicyclic) bond motifs is 1. The van der Waals surface area contributed by atoms with E-state index < -0.39 is 0 Å². The number of H-pyrrole nitrogens is 1. The van der Waals surface area contributed by atoms with Crippen molar-refractivity contribution in [2.75, 3.05) is 0 Å². The Morgan fingerprint density at radius 3 is 2.83 bits per heavy atom. The molecule has 1 aromatic carbocycles. The summed E-state index contributed by atoms with van der Waals surface area (Å²) in [5.74, 6) is 0. The number of nitrogens with zero attached hydrogens (tertiary/aromatic N) is 1. The maximum absolute atomic E-state index is 8.79. The molecule has 0 saturated carbocycles. The minimum absolute atomic E-state index is 0.619. The second kappa shape index (κ2) is 2.58. The zero-order valence-electron chi connectivity index (χ0n) is 6.20. The van der Waals surface area contributed by atoms with Gasteiger partial charge >= 0.3 is 0 Å². The van der Waals surface area contributed by atoms with E-state index in [9.17, 15) is 0 Å². The highest BCUT2D eigenvalue weighted by Crippen LogP contribution is 2.23. The lowest BCUT2D eigenvalue weighted by atomic mass is 10.2. The average molecular weight is 174 g/mol. The normalized spacial score (nSPS) is 10.0. The van der Waals surface area contributed by atoms with Crippen molar-refractivity contribution < 1.29 is 0 Å². The molecule has 1 heterocycles. The summed E-state index contributed by atoms with van der Waals surface area (Å²) in [5, 5.41) is 10.4. The van der Waals surface area contributed by atoms with Crippen LogP contribution >= 0.6 is 12.6 Å². The van der Waals surface area contributed by atoms with Crippen molar-refractivity contribution in [3.8, 4) is 6.07 Å². The first-order valence-electron chi connectivity index (χ1n) is 3.52. The fourth-order valence-corrected chi connectivity index (χ4v) is 1.53. The number of nitrogens with one attached hydrogen (secondary N) is 1. The number of aromatic amines is 1. The molecule has 0 radical (unpaired) electrons. The zero-order chi connectivity index (χ0) is 8.55. The number of para-hydroxylation sites is 1. The SMILES string of the molecule is N#Cc1c(S)[nH]c2ccccc12. The molecule has 2 aromatic rings. The molecule has 0 atom stereocenters. The lowest BCUT2D eigenvalue weighted by molar-refractivity contribution is 1.23. The van der Waals surface area contributed by atoms with Crippen molar-refractivity contribution in [1.29, 1.82) is 5.26 Å². The van der Waals surface area contributed by atoms with Gasteiger partial charge in [-0.1, -0.05) is 18.2 Å². The van der Waals surface area contributed by atoms with E-state index in [0.29, 0.717) is 10.6 Å². The molecule has 0 saturated heterocycles. The molecule has 2 rings (SSSR count). The number of thiol groups is 1. The van der Waals surface area contributed by atoms with Gasteiger partial charge in [-0.2, -0.15) is 5.26 Å². The standard InChI is InChI=1S/C9H6N2S/c10-5-7-6-3-1-2-4-8(6)11-9(7)12/h1-4,11-12H. The van der Waals surface area contributed by atoms with Crippen molar-refractivity contribution in [3.05, 3.63) is 29.8 Å². The Kier molecular flexibility index (Phi) is 1.56. The number of benzene rings is 1. The molecule has 58 valence electrons. The van der Waals surface area contributed by atoms with Crippen molar-refractivity contribution in [2.45, 2.75) is 5.03 Å². The molecule has 1 N–H and O–H groups in total. The molecule has 3 heteroatoms. The fourth-order valence-electron chi connectivity index (χ4n) is 1.24. The third-order valence-corrected chi connectivity index (χ3v) is 2.13. The zero-order valence-corrected chi connectivity index (χ0v) is 7.10. The summed E-state index contributed by atoms with van der Waals surface area (Å²) in [7, 11) is 0. The molecule has 12 heavy (non-hydrogen) atoms. The highest BCUT2D eigenvalue weighted by atomic mass is 32.1. The van der Waals surface area contributed by atoms with E-state index in [1.54, 1.807) is 0 Å². The molecule has 2 nitrogen and oxygen atoms in total. The van der Waals surface area contributed by atoms with Crippen LogP contribution < -0.4 is 0 Å². The van der Waals surface area contributed by atoms with Crippen molar-refractivity contribution >= 4 is 23.5 Å². The van der Waals surface area contributed by atoms with Gasteiger partial charge in [0.05, 0.1) is 10.6 Å². The first-order valence-corrected chi connectivity index (χ1v) is 3.97. The van der Waals surface area contributed by atoms with Crippen LogP contribution in [0, 0.1) is 11.3 Å². The lowest BCUT2D eigenvalue weighted by Gasteiger charge is -1.85. The van der Waals surface area contributed by atoms with Crippen LogP contribution in [0.4, 0.5) is 0 Å². The summed E-state index contributed by atoms with van der Waals surface area (Å²) < 4.78 is 0. The van der Waals surface area contributed by atoms with Gasteiger partial charge < -0.3 is 4.98 Å². The maximum atomic E-state index is 8.79. The molecule has 0 fully saturated rings. The Morgan fingerprint density at radius 1 is 1.33 bits per heavy atom. The van der Waals surface area contributed by atoms with E-state index in [1.165, 1.54) is 0 Å². The lowest BCUT2D eigenvalue weighted by Crippen LogP contribution is -1.69. The third kappa shape index (κ3) is 0.892.